The maximum absolute atomic E-state index is 5.93. The van der Waals surface area contributed by atoms with E-state index in [1.165, 1.54) is 10.6 Å². The highest BCUT2D eigenvalue weighted by Gasteiger charge is 2.25. The van der Waals surface area contributed by atoms with E-state index in [-0.39, 0.29) is 4.75 Å². The van der Waals surface area contributed by atoms with E-state index in [4.69, 9.17) is 11.6 Å². The highest BCUT2D eigenvalue weighted by Crippen LogP contribution is 2.42. The number of fused-ring (bicyclic) bond motifs is 1. The zero-order valence-corrected chi connectivity index (χ0v) is 9.30. The van der Waals surface area contributed by atoms with Crippen molar-refractivity contribution in [1.82, 2.24) is 0 Å². The summed E-state index contributed by atoms with van der Waals surface area (Å²) in [5.41, 5.74) is 1.20. The first-order chi connectivity index (χ1) is 6.07. The lowest BCUT2D eigenvalue weighted by molar-refractivity contribution is 0.739. The molecule has 1 aliphatic rings. The standard InChI is InChI=1S/C10H12ClNS/c1-10(2)6-12-8-4-3-7(11)5-9(8)13-10/h3-5,12H,6H2,1-2H3. The number of thioether (sulfide) groups is 1. The van der Waals surface area contributed by atoms with Crippen molar-refractivity contribution in [1.29, 1.82) is 0 Å². The van der Waals surface area contributed by atoms with Crippen LogP contribution < -0.4 is 5.32 Å². The molecular weight excluding hydrogens is 202 g/mol. The Labute approximate surface area is 87.9 Å². The minimum absolute atomic E-state index is 0.262. The molecule has 0 fully saturated rings. The molecule has 0 bridgehead atoms. The first-order valence-corrected chi connectivity index (χ1v) is 5.49. The van der Waals surface area contributed by atoms with Gasteiger partial charge in [0.05, 0.1) is 0 Å². The van der Waals surface area contributed by atoms with E-state index in [0.29, 0.717) is 0 Å². The molecule has 1 aliphatic heterocycles. The number of hydrogen-bond donors (Lipinski definition) is 1. The van der Waals surface area contributed by atoms with Crippen LogP contribution in [0.25, 0.3) is 0 Å². The number of halogens is 1. The minimum atomic E-state index is 0.262. The predicted molar refractivity (Wildman–Crippen MR) is 59.9 cm³/mol. The smallest absolute Gasteiger partial charge is 0.0480 e. The Hall–Kier alpha value is -0.340. The maximum atomic E-state index is 5.93. The molecular formula is C10H12ClNS. The molecule has 0 saturated carbocycles. The van der Waals surface area contributed by atoms with Crippen molar-refractivity contribution >= 4 is 29.1 Å². The van der Waals surface area contributed by atoms with E-state index in [2.05, 4.69) is 19.2 Å². The van der Waals surface area contributed by atoms with Gasteiger partial charge in [0.2, 0.25) is 0 Å². The van der Waals surface area contributed by atoms with Gasteiger partial charge in [0.1, 0.15) is 0 Å². The van der Waals surface area contributed by atoms with Gasteiger partial charge in [-0.3, -0.25) is 0 Å². The summed E-state index contributed by atoms with van der Waals surface area (Å²) in [6.07, 6.45) is 0. The second kappa shape index (κ2) is 3.10. The molecule has 0 saturated heterocycles. The number of rotatable bonds is 0. The third-order valence-electron chi connectivity index (χ3n) is 2.03. The Balaban J connectivity index is 2.38. The normalized spacial score (nSPS) is 19.0. The molecule has 0 aliphatic carbocycles. The SMILES string of the molecule is CC1(C)CNc2ccc(Cl)cc2S1. The summed E-state index contributed by atoms with van der Waals surface area (Å²) >= 11 is 7.81. The van der Waals surface area contributed by atoms with Gasteiger partial charge in [-0.25, -0.2) is 0 Å². The zero-order chi connectivity index (χ0) is 9.47. The molecule has 1 N–H and O–H groups in total. The van der Waals surface area contributed by atoms with Gasteiger partial charge in [-0.05, 0) is 32.0 Å². The lowest BCUT2D eigenvalue weighted by Gasteiger charge is -2.31. The zero-order valence-electron chi connectivity index (χ0n) is 7.73. The topological polar surface area (TPSA) is 12.0 Å². The third kappa shape index (κ3) is 1.94. The predicted octanol–water partition coefficient (Wildman–Crippen LogP) is 3.64. The average molecular weight is 214 g/mol. The van der Waals surface area contributed by atoms with Crippen LogP contribution >= 0.6 is 23.4 Å². The lowest BCUT2D eigenvalue weighted by atomic mass is 10.2. The minimum Gasteiger partial charge on any atom is -0.383 e. The molecule has 1 aromatic carbocycles. The fourth-order valence-corrected chi connectivity index (χ4v) is 2.78. The van der Waals surface area contributed by atoms with Gasteiger partial charge < -0.3 is 5.32 Å². The van der Waals surface area contributed by atoms with Crippen LogP contribution in [0.5, 0.6) is 0 Å². The van der Waals surface area contributed by atoms with Gasteiger partial charge in [-0.2, -0.15) is 0 Å². The van der Waals surface area contributed by atoms with Crippen LogP contribution in [0.2, 0.25) is 5.02 Å². The second-order valence-corrected chi connectivity index (χ2v) is 6.04. The molecule has 0 amide bonds. The summed E-state index contributed by atoms with van der Waals surface area (Å²) in [6.45, 7) is 5.47. The molecule has 70 valence electrons. The van der Waals surface area contributed by atoms with Crippen molar-refractivity contribution < 1.29 is 0 Å². The van der Waals surface area contributed by atoms with Crippen molar-refractivity contribution in [3.63, 3.8) is 0 Å². The Morgan fingerprint density at radius 3 is 3.00 bits per heavy atom. The van der Waals surface area contributed by atoms with Crippen LogP contribution in [-0.4, -0.2) is 11.3 Å². The molecule has 3 heteroatoms. The number of anilines is 1. The monoisotopic (exact) mass is 213 g/mol. The molecule has 0 spiro atoms. The maximum Gasteiger partial charge on any atom is 0.0480 e. The molecule has 1 nitrogen and oxygen atoms in total. The van der Waals surface area contributed by atoms with Crippen molar-refractivity contribution in [2.24, 2.45) is 0 Å². The van der Waals surface area contributed by atoms with E-state index < -0.39 is 0 Å². The van der Waals surface area contributed by atoms with Crippen LogP contribution in [0.4, 0.5) is 5.69 Å². The van der Waals surface area contributed by atoms with Crippen LogP contribution in [0.1, 0.15) is 13.8 Å². The first kappa shape index (κ1) is 9.22. The van der Waals surface area contributed by atoms with Gasteiger partial charge in [-0.15, -0.1) is 11.8 Å². The van der Waals surface area contributed by atoms with Gasteiger partial charge in [0.25, 0.3) is 0 Å². The molecule has 1 aromatic rings. The Kier molecular flexibility index (Phi) is 2.20. The highest BCUT2D eigenvalue weighted by molar-refractivity contribution is 8.00. The van der Waals surface area contributed by atoms with Gasteiger partial charge in [0, 0.05) is 26.9 Å². The van der Waals surface area contributed by atoms with E-state index >= 15 is 0 Å². The van der Waals surface area contributed by atoms with Crippen LogP contribution in [0, 0.1) is 0 Å². The summed E-state index contributed by atoms with van der Waals surface area (Å²) in [6, 6.07) is 5.99. The summed E-state index contributed by atoms with van der Waals surface area (Å²) in [4.78, 5) is 1.25. The quantitative estimate of drug-likeness (QED) is 0.706. The molecule has 1 heterocycles. The number of hydrogen-bond acceptors (Lipinski definition) is 2. The van der Waals surface area contributed by atoms with Crippen molar-refractivity contribution in [3.8, 4) is 0 Å². The fraction of sp³-hybridized carbons (Fsp3) is 0.400. The van der Waals surface area contributed by atoms with E-state index in [1.54, 1.807) is 0 Å². The highest BCUT2D eigenvalue weighted by atomic mass is 35.5. The van der Waals surface area contributed by atoms with E-state index in [1.807, 2.05) is 30.0 Å². The summed E-state index contributed by atoms with van der Waals surface area (Å²) in [7, 11) is 0. The van der Waals surface area contributed by atoms with E-state index in [9.17, 15) is 0 Å². The summed E-state index contributed by atoms with van der Waals surface area (Å²) in [5, 5.41) is 4.21. The molecule has 0 atom stereocenters. The molecule has 0 radical (unpaired) electrons. The van der Waals surface area contributed by atoms with Gasteiger partial charge in [0.15, 0.2) is 0 Å². The van der Waals surface area contributed by atoms with Crippen molar-refractivity contribution in [2.45, 2.75) is 23.5 Å². The van der Waals surface area contributed by atoms with Crippen molar-refractivity contribution in [2.75, 3.05) is 11.9 Å². The van der Waals surface area contributed by atoms with Crippen LogP contribution in [-0.2, 0) is 0 Å². The first-order valence-electron chi connectivity index (χ1n) is 4.29. The molecule has 0 aromatic heterocycles. The number of benzene rings is 1. The Morgan fingerprint density at radius 2 is 2.23 bits per heavy atom. The molecule has 13 heavy (non-hydrogen) atoms. The van der Waals surface area contributed by atoms with Crippen LogP contribution in [0.3, 0.4) is 0 Å². The molecule has 0 unspecified atom stereocenters. The van der Waals surface area contributed by atoms with Gasteiger partial charge in [-0.1, -0.05) is 11.6 Å². The molecule has 2 rings (SSSR count). The summed E-state index contributed by atoms with van der Waals surface area (Å²) in [5.74, 6) is 0. The van der Waals surface area contributed by atoms with Crippen molar-refractivity contribution in [3.05, 3.63) is 23.2 Å². The lowest BCUT2D eigenvalue weighted by Crippen LogP contribution is -2.29. The Morgan fingerprint density at radius 1 is 1.46 bits per heavy atom. The largest absolute Gasteiger partial charge is 0.383 e. The average Bonchev–Trinajstić information content (AvgIpc) is 2.01. The van der Waals surface area contributed by atoms with Gasteiger partial charge >= 0.3 is 0 Å². The Bertz CT molecular complexity index is 336. The fourth-order valence-electron chi connectivity index (χ4n) is 1.37. The summed E-state index contributed by atoms with van der Waals surface area (Å²) < 4.78 is 0.262. The van der Waals surface area contributed by atoms with Crippen LogP contribution in [0.15, 0.2) is 23.1 Å². The third-order valence-corrected chi connectivity index (χ3v) is 3.52. The number of nitrogens with one attached hydrogen (secondary N) is 1. The second-order valence-electron chi connectivity index (χ2n) is 3.86. The van der Waals surface area contributed by atoms with E-state index in [0.717, 1.165) is 11.6 Å².